The van der Waals surface area contributed by atoms with Crippen LogP contribution in [0.3, 0.4) is 0 Å². The van der Waals surface area contributed by atoms with E-state index in [4.69, 9.17) is 16.3 Å². The van der Waals surface area contributed by atoms with Gasteiger partial charge in [-0.25, -0.2) is 0 Å². The van der Waals surface area contributed by atoms with E-state index < -0.39 is 6.10 Å². The van der Waals surface area contributed by atoms with Gasteiger partial charge in [0.25, 0.3) is 5.91 Å². The van der Waals surface area contributed by atoms with Gasteiger partial charge in [0.1, 0.15) is 5.75 Å². The first-order chi connectivity index (χ1) is 11.8. The van der Waals surface area contributed by atoms with Gasteiger partial charge < -0.3 is 15.4 Å². The second-order valence-corrected chi connectivity index (χ2v) is 6.83. The number of anilines is 2. The number of ether oxygens (including phenoxy) is 1. The van der Waals surface area contributed by atoms with Gasteiger partial charge in [-0.2, -0.15) is 0 Å². The monoisotopic (exact) mass is 424 g/mol. The van der Waals surface area contributed by atoms with Crippen molar-refractivity contribution in [2.45, 2.75) is 26.9 Å². The fraction of sp³-hybridized carbons (Fsp3) is 0.222. The second kappa shape index (κ2) is 8.36. The number of hydrogen-bond acceptors (Lipinski definition) is 3. The van der Waals surface area contributed by atoms with E-state index >= 15 is 0 Å². The Morgan fingerprint density at radius 3 is 2.48 bits per heavy atom. The molecule has 0 unspecified atom stereocenters. The molecule has 0 saturated heterocycles. The molecule has 0 fully saturated rings. The molecule has 1 atom stereocenters. The Labute approximate surface area is 159 Å². The molecule has 2 rings (SSSR count). The Morgan fingerprint density at radius 2 is 1.88 bits per heavy atom. The summed E-state index contributed by atoms with van der Waals surface area (Å²) in [6.07, 6.45) is -0.701. The van der Waals surface area contributed by atoms with E-state index in [1.807, 2.05) is 6.92 Å². The largest absolute Gasteiger partial charge is 0.480 e. The van der Waals surface area contributed by atoms with E-state index in [1.54, 1.807) is 43.3 Å². The van der Waals surface area contributed by atoms with E-state index in [2.05, 4.69) is 26.6 Å². The maximum absolute atomic E-state index is 12.3. The highest BCUT2D eigenvalue weighted by molar-refractivity contribution is 9.10. The summed E-state index contributed by atoms with van der Waals surface area (Å²) in [5.74, 6) is 0.105. The maximum atomic E-state index is 12.3. The molecule has 0 saturated carbocycles. The minimum absolute atomic E-state index is 0.143. The fourth-order valence-corrected chi connectivity index (χ4v) is 2.91. The molecule has 0 radical (unpaired) electrons. The quantitative estimate of drug-likeness (QED) is 0.725. The number of aryl methyl sites for hydroxylation is 1. The summed E-state index contributed by atoms with van der Waals surface area (Å²) in [7, 11) is 0. The third-order valence-electron chi connectivity index (χ3n) is 3.37. The van der Waals surface area contributed by atoms with Gasteiger partial charge in [0.2, 0.25) is 5.91 Å². The Hall–Kier alpha value is -2.05. The van der Waals surface area contributed by atoms with Crippen molar-refractivity contribution in [1.29, 1.82) is 0 Å². The SMILES string of the molecule is CC(=O)Nc1ccc(NC(=O)[C@@H](C)Oc2ccc(Cl)cc2Br)cc1C. The number of hydrogen-bond donors (Lipinski definition) is 2. The average Bonchev–Trinajstić information content (AvgIpc) is 2.52. The predicted molar refractivity (Wildman–Crippen MR) is 103 cm³/mol. The van der Waals surface area contributed by atoms with E-state index in [9.17, 15) is 9.59 Å². The van der Waals surface area contributed by atoms with Crippen LogP contribution >= 0.6 is 27.5 Å². The first-order valence-electron chi connectivity index (χ1n) is 7.57. The molecule has 2 N–H and O–H groups in total. The molecule has 0 aliphatic carbocycles. The van der Waals surface area contributed by atoms with Crippen molar-refractivity contribution in [2.75, 3.05) is 10.6 Å². The summed E-state index contributed by atoms with van der Waals surface area (Å²) in [4.78, 5) is 23.5. The lowest BCUT2D eigenvalue weighted by Crippen LogP contribution is -2.30. The zero-order valence-electron chi connectivity index (χ0n) is 14.0. The maximum Gasteiger partial charge on any atom is 0.265 e. The van der Waals surface area contributed by atoms with Gasteiger partial charge in [0, 0.05) is 23.3 Å². The van der Waals surface area contributed by atoms with Gasteiger partial charge in [0.15, 0.2) is 6.10 Å². The molecule has 0 spiro atoms. The molecule has 2 aromatic carbocycles. The molecular formula is C18H18BrClN2O3. The van der Waals surface area contributed by atoms with Gasteiger partial charge in [0.05, 0.1) is 4.47 Å². The zero-order chi connectivity index (χ0) is 18.6. The lowest BCUT2D eigenvalue weighted by atomic mass is 10.1. The normalized spacial score (nSPS) is 11.6. The molecule has 132 valence electrons. The van der Waals surface area contributed by atoms with Crippen molar-refractivity contribution < 1.29 is 14.3 Å². The number of nitrogens with one attached hydrogen (secondary N) is 2. The Morgan fingerprint density at radius 1 is 1.16 bits per heavy atom. The van der Waals surface area contributed by atoms with E-state index in [-0.39, 0.29) is 11.8 Å². The molecule has 0 aliphatic rings. The summed E-state index contributed by atoms with van der Waals surface area (Å²) in [5, 5.41) is 6.10. The van der Waals surface area contributed by atoms with Gasteiger partial charge in [-0.05, 0) is 71.7 Å². The van der Waals surface area contributed by atoms with Crippen LogP contribution in [0.25, 0.3) is 0 Å². The lowest BCUT2D eigenvalue weighted by Gasteiger charge is -2.16. The molecule has 7 heteroatoms. The second-order valence-electron chi connectivity index (χ2n) is 5.53. The fourth-order valence-electron chi connectivity index (χ4n) is 2.13. The number of carbonyl (C=O) groups is 2. The van der Waals surface area contributed by atoms with Gasteiger partial charge in [-0.3, -0.25) is 9.59 Å². The topological polar surface area (TPSA) is 67.4 Å². The minimum atomic E-state index is -0.701. The Kier molecular flexibility index (Phi) is 6.45. The molecule has 2 amide bonds. The molecule has 0 heterocycles. The van der Waals surface area contributed by atoms with E-state index in [0.717, 1.165) is 5.56 Å². The first-order valence-corrected chi connectivity index (χ1v) is 8.74. The Balaban J connectivity index is 2.03. The Bertz CT molecular complexity index is 811. The molecule has 25 heavy (non-hydrogen) atoms. The predicted octanol–water partition coefficient (Wildman–Crippen LogP) is 4.78. The van der Waals surface area contributed by atoms with Gasteiger partial charge >= 0.3 is 0 Å². The van der Waals surface area contributed by atoms with Crippen LogP contribution in [0.4, 0.5) is 11.4 Å². The molecule has 0 aliphatic heterocycles. The van der Waals surface area contributed by atoms with Gasteiger partial charge in [-0.15, -0.1) is 0 Å². The van der Waals surface area contributed by atoms with Gasteiger partial charge in [-0.1, -0.05) is 11.6 Å². The summed E-state index contributed by atoms with van der Waals surface area (Å²) >= 11 is 9.24. The highest BCUT2D eigenvalue weighted by Crippen LogP contribution is 2.29. The van der Waals surface area contributed by atoms with Crippen molar-refractivity contribution in [2.24, 2.45) is 0 Å². The molecule has 5 nitrogen and oxygen atoms in total. The van der Waals surface area contributed by atoms with Crippen molar-refractivity contribution in [3.63, 3.8) is 0 Å². The van der Waals surface area contributed by atoms with Crippen molar-refractivity contribution in [1.82, 2.24) is 0 Å². The third kappa shape index (κ3) is 5.47. The number of halogens is 2. The highest BCUT2D eigenvalue weighted by Gasteiger charge is 2.16. The minimum Gasteiger partial charge on any atom is -0.480 e. The number of benzene rings is 2. The summed E-state index contributed by atoms with van der Waals surface area (Å²) in [6.45, 7) is 4.96. The van der Waals surface area contributed by atoms with Crippen molar-refractivity contribution in [3.8, 4) is 5.75 Å². The van der Waals surface area contributed by atoms with Crippen LogP contribution in [0.2, 0.25) is 5.02 Å². The highest BCUT2D eigenvalue weighted by atomic mass is 79.9. The van der Waals surface area contributed by atoms with Crippen LogP contribution in [0, 0.1) is 6.92 Å². The van der Waals surface area contributed by atoms with Crippen LogP contribution in [0.5, 0.6) is 5.75 Å². The van der Waals surface area contributed by atoms with Crippen LogP contribution in [0.1, 0.15) is 19.4 Å². The average molecular weight is 426 g/mol. The number of carbonyl (C=O) groups excluding carboxylic acids is 2. The van der Waals surface area contributed by atoms with Crippen LogP contribution < -0.4 is 15.4 Å². The smallest absolute Gasteiger partial charge is 0.265 e. The van der Waals surface area contributed by atoms with Crippen LogP contribution in [-0.4, -0.2) is 17.9 Å². The summed E-state index contributed by atoms with van der Waals surface area (Å²) in [6, 6.07) is 10.3. The summed E-state index contributed by atoms with van der Waals surface area (Å²) in [5.41, 5.74) is 2.18. The molecular weight excluding hydrogens is 408 g/mol. The first kappa shape index (κ1) is 19.3. The number of amides is 2. The van der Waals surface area contributed by atoms with Crippen LogP contribution in [-0.2, 0) is 9.59 Å². The third-order valence-corrected chi connectivity index (χ3v) is 4.23. The zero-order valence-corrected chi connectivity index (χ0v) is 16.4. The summed E-state index contributed by atoms with van der Waals surface area (Å²) < 4.78 is 6.34. The molecule has 0 aromatic heterocycles. The molecule has 0 bridgehead atoms. The van der Waals surface area contributed by atoms with Crippen molar-refractivity contribution in [3.05, 3.63) is 51.5 Å². The standard InChI is InChI=1S/C18H18BrClN2O3/c1-10-8-14(5-6-16(10)21-12(3)23)22-18(24)11(2)25-17-7-4-13(20)9-15(17)19/h4-9,11H,1-3H3,(H,21,23)(H,22,24)/t11-/m1/s1. The van der Waals surface area contributed by atoms with E-state index in [1.165, 1.54) is 6.92 Å². The number of rotatable bonds is 5. The lowest BCUT2D eigenvalue weighted by molar-refractivity contribution is -0.122. The van der Waals surface area contributed by atoms with E-state index in [0.29, 0.717) is 26.6 Å². The van der Waals surface area contributed by atoms with Crippen molar-refractivity contribution >= 4 is 50.7 Å². The molecule has 2 aromatic rings. The van der Waals surface area contributed by atoms with Crippen LogP contribution in [0.15, 0.2) is 40.9 Å².